The van der Waals surface area contributed by atoms with Crippen LogP contribution in [-0.2, 0) is 4.79 Å². The van der Waals surface area contributed by atoms with Crippen LogP contribution in [0.4, 0.5) is 4.39 Å². The third-order valence-corrected chi connectivity index (χ3v) is 3.01. The molecule has 2 rings (SSSR count). The van der Waals surface area contributed by atoms with E-state index in [1.807, 2.05) is 0 Å². The number of nitrogens with zero attached hydrogens (tertiary/aromatic N) is 1. The van der Waals surface area contributed by atoms with Crippen molar-refractivity contribution in [2.45, 2.75) is 6.42 Å². The van der Waals surface area contributed by atoms with E-state index in [1.54, 1.807) is 0 Å². The van der Waals surface area contributed by atoms with Crippen LogP contribution in [0.5, 0.6) is 5.75 Å². The minimum Gasteiger partial charge on any atom is -0.507 e. The van der Waals surface area contributed by atoms with Crippen LogP contribution in [0.25, 0.3) is 0 Å². The summed E-state index contributed by atoms with van der Waals surface area (Å²) in [6.45, 7) is 0.442. The van der Waals surface area contributed by atoms with Gasteiger partial charge in [-0.15, -0.1) is 0 Å². The number of carbonyl (C=O) groups excluding carboxylic acids is 1. The quantitative estimate of drug-likeness (QED) is 0.826. The lowest BCUT2D eigenvalue weighted by Crippen LogP contribution is -2.30. The number of aliphatic carboxylic acids is 1. The molecule has 0 saturated carbocycles. The number of amides is 1. The Labute approximate surface area is 102 Å². The molecule has 1 aromatic rings. The van der Waals surface area contributed by atoms with Crippen molar-refractivity contribution in [1.82, 2.24) is 4.90 Å². The van der Waals surface area contributed by atoms with E-state index in [9.17, 15) is 19.1 Å². The molecule has 0 aliphatic carbocycles. The Morgan fingerprint density at radius 2 is 2.11 bits per heavy atom. The maximum absolute atomic E-state index is 12.8. The molecular weight excluding hydrogens is 241 g/mol. The van der Waals surface area contributed by atoms with Crippen molar-refractivity contribution in [2.75, 3.05) is 13.1 Å². The molecule has 1 saturated heterocycles. The third kappa shape index (κ3) is 2.27. The minimum atomic E-state index is -0.936. The maximum atomic E-state index is 12.8. The molecule has 0 aromatic heterocycles. The zero-order valence-electron chi connectivity index (χ0n) is 9.47. The normalized spacial score (nSPS) is 18.9. The van der Waals surface area contributed by atoms with E-state index in [2.05, 4.69) is 0 Å². The van der Waals surface area contributed by atoms with Gasteiger partial charge in [0.2, 0.25) is 0 Å². The lowest BCUT2D eigenvalue weighted by atomic mass is 10.1. The molecule has 0 radical (unpaired) electrons. The van der Waals surface area contributed by atoms with Crippen molar-refractivity contribution < 1.29 is 24.2 Å². The van der Waals surface area contributed by atoms with E-state index < -0.39 is 29.4 Å². The van der Waals surface area contributed by atoms with Gasteiger partial charge in [-0.2, -0.15) is 0 Å². The molecule has 1 fully saturated rings. The standard InChI is InChI=1S/C12H12FNO4/c13-8-1-2-9(10(15)5-8)11(16)14-4-3-7(6-14)12(17)18/h1-2,5,7,15H,3-4,6H2,(H,17,18). The van der Waals surface area contributed by atoms with Crippen LogP contribution in [0.2, 0.25) is 0 Å². The van der Waals surface area contributed by atoms with Gasteiger partial charge in [0.1, 0.15) is 11.6 Å². The topological polar surface area (TPSA) is 77.8 Å². The van der Waals surface area contributed by atoms with Gasteiger partial charge in [-0.05, 0) is 18.6 Å². The molecule has 5 nitrogen and oxygen atoms in total. The molecular formula is C12H12FNO4. The summed E-state index contributed by atoms with van der Waals surface area (Å²) >= 11 is 0. The molecule has 1 amide bonds. The number of hydrogen-bond acceptors (Lipinski definition) is 3. The Morgan fingerprint density at radius 3 is 2.67 bits per heavy atom. The van der Waals surface area contributed by atoms with E-state index in [0.717, 1.165) is 12.1 Å². The van der Waals surface area contributed by atoms with Crippen molar-refractivity contribution in [1.29, 1.82) is 0 Å². The molecule has 1 atom stereocenters. The number of carboxylic acids is 1. The average Bonchev–Trinajstić information content (AvgIpc) is 2.77. The summed E-state index contributed by atoms with van der Waals surface area (Å²) in [4.78, 5) is 24.1. The van der Waals surface area contributed by atoms with Crippen molar-refractivity contribution in [3.8, 4) is 5.75 Å². The molecule has 18 heavy (non-hydrogen) atoms. The first-order valence-electron chi connectivity index (χ1n) is 5.49. The number of phenols is 1. The molecule has 1 aromatic carbocycles. The second-order valence-corrected chi connectivity index (χ2v) is 4.24. The number of rotatable bonds is 2. The first-order valence-corrected chi connectivity index (χ1v) is 5.49. The third-order valence-electron chi connectivity index (χ3n) is 3.01. The van der Waals surface area contributed by atoms with Gasteiger partial charge >= 0.3 is 5.97 Å². The van der Waals surface area contributed by atoms with Gasteiger partial charge < -0.3 is 15.1 Å². The number of likely N-dealkylation sites (tertiary alicyclic amines) is 1. The van der Waals surface area contributed by atoms with Gasteiger partial charge in [0.05, 0.1) is 11.5 Å². The highest BCUT2D eigenvalue weighted by Gasteiger charge is 2.32. The summed E-state index contributed by atoms with van der Waals surface area (Å²) in [6.07, 6.45) is 0.392. The first-order chi connectivity index (χ1) is 8.49. The zero-order valence-corrected chi connectivity index (χ0v) is 9.47. The highest BCUT2D eigenvalue weighted by atomic mass is 19.1. The highest BCUT2D eigenvalue weighted by Crippen LogP contribution is 2.24. The second kappa shape index (κ2) is 4.64. The van der Waals surface area contributed by atoms with Crippen LogP contribution in [-0.4, -0.2) is 40.1 Å². The molecule has 1 aliphatic heterocycles. The predicted molar refractivity (Wildman–Crippen MR) is 59.7 cm³/mol. The van der Waals surface area contributed by atoms with Gasteiger partial charge in [0, 0.05) is 19.2 Å². The molecule has 6 heteroatoms. The number of halogens is 1. The smallest absolute Gasteiger partial charge is 0.308 e. The summed E-state index contributed by atoms with van der Waals surface area (Å²) in [5.74, 6) is -3.05. The predicted octanol–water partition coefficient (Wildman–Crippen LogP) is 1.08. The monoisotopic (exact) mass is 253 g/mol. The Kier molecular flexibility index (Phi) is 3.18. The molecule has 0 bridgehead atoms. The average molecular weight is 253 g/mol. The first kappa shape index (κ1) is 12.3. The molecule has 1 aliphatic rings. The minimum absolute atomic E-state index is 0.0116. The van der Waals surface area contributed by atoms with Gasteiger partial charge in [-0.25, -0.2) is 4.39 Å². The Balaban J connectivity index is 2.15. The number of carboxylic acid groups (broad SMARTS) is 1. The van der Waals surface area contributed by atoms with Crippen LogP contribution in [0, 0.1) is 11.7 Å². The van der Waals surface area contributed by atoms with Crippen molar-refractivity contribution >= 4 is 11.9 Å². The Morgan fingerprint density at radius 1 is 1.39 bits per heavy atom. The van der Waals surface area contributed by atoms with Crippen LogP contribution in [0.1, 0.15) is 16.8 Å². The van der Waals surface area contributed by atoms with Gasteiger partial charge in [-0.1, -0.05) is 0 Å². The van der Waals surface area contributed by atoms with E-state index in [1.165, 1.54) is 11.0 Å². The number of phenolic OH excluding ortho intramolecular Hbond substituents is 1. The van der Waals surface area contributed by atoms with E-state index in [0.29, 0.717) is 13.0 Å². The maximum Gasteiger partial charge on any atom is 0.308 e. The molecule has 2 N–H and O–H groups in total. The number of aromatic hydroxyl groups is 1. The highest BCUT2D eigenvalue weighted by molar-refractivity contribution is 5.97. The largest absolute Gasteiger partial charge is 0.507 e. The second-order valence-electron chi connectivity index (χ2n) is 4.24. The van der Waals surface area contributed by atoms with E-state index in [-0.39, 0.29) is 12.1 Å². The lowest BCUT2D eigenvalue weighted by molar-refractivity contribution is -0.141. The van der Waals surface area contributed by atoms with Crippen molar-refractivity contribution in [3.63, 3.8) is 0 Å². The number of benzene rings is 1. The van der Waals surface area contributed by atoms with E-state index in [4.69, 9.17) is 5.11 Å². The van der Waals surface area contributed by atoms with Gasteiger partial charge in [0.15, 0.2) is 0 Å². The van der Waals surface area contributed by atoms with Crippen LogP contribution >= 0.6 is 0 Å². The summed E-state index contributed by atoms with van der Waals surface area (Å²) in [7, 11) is 0. The molecule has 96 valence electrons. The zero-order chi connectivity index (χ0) is 13.3. The Hall–Kier alpha value is -2.11. The SMILES string of the molecule is O=C(O)C1CCN(C(=O)c2ccc(F)cc2O)C1. The number of carbonyl (C=O) groups is 2. The Bertz CT molecular complexity index is 503. The molecule has 0 spiro atoms. The van der Waals surface area contributed by atoms with Crippen LogP contribution in [0.3, 0.4) is 0 Å². The van der Waals surface area contributed by atoms with Crippen LogP contribution < -0.4 is 0 Å². The summed E-state index contributed by atoms with van der Waals surface area (Å²) in [6, 6.07) is 3.14. The van der Waals surface area contributed by atoms with Gasteiger partial charge in [-0.3, -0.25) is 9.59 Å². The van der Waals surface area contributed by atoms with E-state index >= 15 is 0 Å². The lowest BCUT2D eigenvalue weighted by Gasteiger charge is -2.16. The van der Waals surface area contributed by atoms with Gasteiger partial charge in [0.25, 0.3) is 5.91 Å². The summed E-state index contributed by atoms with van der Waals surface area (Å²) in [5, 5.41) is 18.3. The molecule has 1 heterocycles. The fourth-order valence-corrected chi connectivity index (χ4v) is 2.00. The summed E-state index contributed by atoms with van der Waals surface area (Å²) < 4.78 is 12.8. The fourth-order valence-electron chi connectivity index (χ4n) is 2.00. The van der Waals surface area contributed by atoms with Crippen LogP contribution in [0.15, 0.2) is 18.2 Å². The molecule has 1 unspecified atom stereocenters. The van der Waals surface area contributed by atoms with Crippen molar-refractivity contribution in [3.05, 3.63) is 29.6 Å². The summed E-state index contributed by atoms with van der Waals surface area (Å²) in [5.41, 5.74) is -0.0116. The number of hydrogen-bond donors (Lipinski definition) is 2. The fraction of sp³-hybridized carbons (Fsp3) is 0.333. The van der Waals surface area contributed by atoms with Crippen molar-refractivity contribution in [2.24, 2.45) is 5.92 Å².